The Morgan fingerprint density at radius 2 is 2.08 bits per heavy atom. The van der Waals surface area contributed by atoms with Gasteiger partial charge in [0.05, 0.1) is 11.6 Å². The summed E-state index contributed by atoms with van der Waals surface area (Å²) in [5, 5.41) is 0.326. The lowest BCUT2D eigenvalue weighted by Gasteiger charge is -2.12. The van der Waals surface area contributed by atoms with Gasteiger partial charge < -0.3 is 5.73 Å². The Hall–Kier alpha value is -0.450. The van der Waals surface area contributed by atoms with Crippen molar-refractivity contribution in [2.24, 2.45) is 5.73 Å². The zero-order chi connectivity index (χ0) is 9.19. The van der Waals surface area contributed by atoms with E-state index < -0.39 is 12.5 Å². The van der Waals surface area contributed by atoms with Crippen molar-refractivity contribution in [2.45, 2.75) is 5.92 Å². The van der Waals surface area contributed by atoms with Gasteiger partial charge in [-0.1, -0.05) is 11.6 Å². The van der Waals surface area contributed by atoms with Gasteiger partial charge in [0.25, 0.3) is 0 Å². The summed E-state index contributed by atoms with van der Waals surface area (Å²) in [6.07, 6.45) is 1.17. The average molecular weight is 229 g/mol. The van der Waals surface area contributed by atoms with Gasteiger partial charge in [0.2, 0.25) is 0 Å². The molecule has 0 aliphatic rings. The van der Waals surface area contributed by atoms with Crippen molar-refractivity contribution in [1.29, 1.82) is 0 Å². The number of nitrogens with zero attached hydrogens (tertiary/aromatic N) is 1. The molecule has 74 valence electrons. The minimum atomic E-state index is -3.06. The normalized spacial score (nSPS) is 10.8. The fourth-order valence-electron chi connectivity index (χ4n) is 0.697. The first-order valence-corrected chi connectivity index (χ1v) is 3.64. The van der Waals surface area contributed by atoms with Gasteiger partial charge in [-0.15, -0.1) is 12.4 Å². The lowest BCUT2D eigenvalue weighted by molar-refractivity contribution is 0.00139. The summed E-state index contributed by atoms with van der Waals surface area (Å²) >= 11 is 5.47. The molecule has 0 unspecified atom stereocenters. The van der Waals surface area contributed by atoms with Gasteiger partial charge in [0.1, 0.15) is 5.69 Å². The molecular weight excluding hydrogens is 221 g/mol. The highest BCUT2D eigenvalue weighted by Gasteiger charge is 2.30. The zero-order valence-corrected chi connectivity index (χ0v) is 8.08. The van der Waals surface area contributed by atoms with E-state index in [0.717, 1.165) is 6.07 Å². The van der Waals surface area contributed by atoms with Crippen LogP contribution >= 0.6 is 24.0 Å². The van der Waals surface area contributed by atoms with Crippen LogP contribution in [0.2, 0.25) is 5.02 Å². The molecule has 0 fully saturated rings. The molecule has 0 aliphatic carbocycles. The maximum atomic E-state index is 12.8. The van der Waals surface area contributed by atoms with Crippen LogP contribution < -0.4 is 5.73 Å². The third kappa shape index (κ3) is 3.06. The third-order valence-electron chi connectivity index (χ3n) is 1.36. The second-order valence-electron chi connectivity index (χ2n) is 2.27. The molecule has 0 bridgehead atoms. The largest absolute Gasteiger partial charge is 0.325 e. The molecule has 1 rings (SSSR count). The van der Waals surface area contributed by atoms with Crippen LogP contribution in [-0.4, -0.2) is 11.5 Å². The average Bonchev–Trinajstić information content (AvgIpc) is 2.05. The number of halogens is 4. The van der Waals surface area contributed by atoms with Gasteiger partial charge in [0, 0.05) is 6.20 Å². The summed E-state index contributed by atoms with van der Waals surface area (Å²) in [6.45, 7) is -0.748. The van der Waals surface area contributed by atoms with Gasteiger partial charge in [-0.2, -0.15) is 8.78 Å². The van der Waals surface area contributed by atoms with E-state index in [2.05, 4.69) is 4.98 Å². The van der Waals surface area contributed by atoms with Crippen molar-refractivity contribution < 1.29 is 8.78 Å². The Morgan fingerprint density at radius 3 is 2.46 bits per heavy atom. The summed E-state index contributed by atoms with van der Waals surface area (Å²) in [7, 11) is 0. The Morgan fingerprint density at radius 1 is 1.46 bits per heavy atom. The molecule has 0 radical (unpaired) electrons. The number of hydrogen-bond donors (Lipinski definition) is 1. The summed E-state index contributed by atoms with van der Waals surface area (Å²) in [4.78, 5) is 3.46. The van der Waals surface area contributed by atoms with Crippen molar-refractivity contribution in [1.82, 2.24) is 4.98 Å². The van der Waals surface area contributed by atoms with Gasteiger partial charge in [0.15, 0.2) is 0 Å². The number of pyridine rings is 1. The Balaban J connectivity index is 0.00000144. The van der Waals surface area contributed by atoms with E-state index in [1.165, 1.54) is 12.3 Å². The van der Waals surface area contributed by atoms with Crippen LogP contribution in [0, 0.1) is 0 Å². The standard InChI is InChI=1S/C7H7ClF2N2.ClH/c8-5-1-2-6(12-3-5)7(9,10)4-11;/h1-3H,4,11H2;1H. The van der Waals surface area contributed by atoms with Crippen molar-refractivity contribution in [3.05, 3.63) is 29.0 Å². The monoisotopic (exact) mass is 228 g/mol. The number of nitrogens with two attached hydrogens (primary N) is 1. The Kier molecular flexibility index (Phi) is 4.53. The van der Waals surface area contributed by atoms with E-state index in [4.69, 9.17) is 17.3 Å². The van der Waals surface area contributed by atoms with Crippen molar-refractivity contribution in [2.75, 3.05) is 6.54 Å². The molecule has 1 aromatic rings. The summed E-state index contributed by atoms with van der Waals surface area (Å²) in [5.74, 6) is -3.06. The fourth-order valence-corrected chi connectivity index (χ4v) is 0.809. The Bertz CT molecular complexity index is 264. The van der Waals surface area contributed by atoms with Gasteiger partial charge in [-0.05, 0) is 12.1 Å². The quantitative estimate of drug-likeness (QED) is 0.844. The smallest absolute Gasteiger partial charge is 0.301 e. The molecule has 0 saturated heterocycles. The number of aromatic nitrogens is 1. The van der Waals surface area contributed by atoms with Gasteiger partial charge in [-0.3, -0.25) is 4.98 Å². The van der Waals surface area contributed by atoms with E-state index in [1.807, 2.05) is 0 Å². The molecule has 0 aliphatic heterocycles. The summed E-state index contributed by atoms with van der Waals surface area (Å²) in [5.41, 5.74) is 4.50. The third-order valence-corrected chi connectivity index (χ3v) is 1.58. The minimum Gasteiger partial charge on any atom is -0.325 e. The Labute approximate surface area is 85.5 Å². The maximum absolute atomic E-state index is 12.8. The van der Waals surface area contributed by atoms with E-state index in [-0.39, 0.29) is 18.1 Å². The van der Waals surface area contributed by atoms with E-state index in [9.17, 15) is 8.78 Å². The van der Waals surface area contributed by atoms with E-state index in [1.54, 1.807) is 0 Å². The molecule has 0 amide bonds. The first kappa shape index (κ1) is 12.6. The molecule has 1 heterocycles. The van der Waals surface area contributed by atoms with Crippen LogP contribution in [0.25, 0.3) is 0 Å². The SMILES string of the molecule is Cl.NCC(F)(F)c1ccc(Cl)cn1. The molecule has 0 saturated carbocycles. The van der Waals surface area contributed by atoms with Crippen molar-refractivity contribution in [3.63, 3.8) is 0 Å². The zero-order valence-electron chi connectivity index (χ0n) is 6.51. The fraction of sp³-hybridized carbons (Fsp3) is 0.286. The van der Waals surface area contributed by atoms with Gasteiger partial charge in [-0.25, -0.2) is 0 Å². The van der Waals surface area contributed by atoms with Crippen molar-refractivity contribution >= 4 is 24.0 Å². The molecule has 1 aromatic heterocycles. The highest BCUT2D eigenvalue weighted by Crippen LogP contribution is 2.24. The highest BCUT2D eigenvalue weighted by atomic mass is 35.5. The second kappa shape index (κ2) is 4.69. The lowest BCUT2D eigenvalue weighted by Crippen LogP contribution is -2.26. The molecular formula is C7H8Cl2F2N2. The molecule has 13 heavy (non-hydrogen) atoms. The second-order valence-corrected chi connectivity index (χ2v) is 2.71. The van der Waals surface area contributed by atoms with Crippen LogP contribution in [0.4, 0.5) is 8.78 Å². The van der Waals surface area contributed by atoms with Crippen LogP contribution in [0.5, 0.6) is 0 Å². The van der Waals surface area contributed by atoms with Gasteiger partial charge >= 0.3 is 5.92 Å². The molecule has 0 spiro atoms. The first-order valence-electron chi connectivity index (χ1n) is 3.26. The topological polar surface area (TPSA) is 38.9 Å². The maximum Gasteiger partial charge on any atom is 0.301 e. The molecule has 2 nitrogen and oxygen atoms in total. The summed E-state index contributed by atoms with van der Waals surface area (Å²) in [6, 6.07) is 2.52. The highest BCUT2D eigenvalue weighted by molar-refractivity contribution is 6.30. The minimum absolute atomic E-state index is 0. The molecule has 0 aromatic carbocycles. The van der Waals surface area contributed by atoms with Crippen LogP contribution in [-0.2, 0) is 5.92 Å². The predicted molar refractivity (Wildman–Crippen MR) is 49.4 cm³/mol. The number of alkyl halides is 2. The number of rotatable bonds is 2. The van der Waals surface area contributed by atoms with Crippen LogP contribution in [0.1, 0.15) is 5.69 Å². The first-order chi connectivity index (χ1) is 5.56. The van der Waals surface area contributed by atoms with E-state index >= 15 is 0 Å². The predicted octanol–water partition coefficient (Wildman–Crippen LogP) is 2.21. The molecule has 6 heteroatoms. The van der Waals surface area contributed by atoms with Crippen LogP contribution in [0.15, 0.2) is 18.3 Å². The molecule has 0 atom stereocenters. The summed E-state index contributed by atoms with van der Waals surface area (Å²) < 4.78 is 25.6. The van der Waals surface area contributed by atoms with Crippen LogP contribution in [0.3, 0.4) is 0 Å². The van der Waals surface area contributed by atoms with Crippen molar-refractivity contribution in [3.8, 4) is 0 Å². The molecule has 2 N–H and O–H groups in total. The lowest BCUT2D eigenvalue weighted by atomic mass is 10.2. The number of hydrogen-bond acceptors (Lipinski definition) is 2. The van der Waals surface area contributed by atoms with E-state index in [0.29, 0.717) is 5.02 Å².